The molecule has 1 aromatic heterocycles. The van der Waals surface area contributed by atoms with Crippen LogP contribution in [-0.4, -0.2) is 43.9 Å². The summed E-state index contributed by atoms with van der Waals surface area (Å²) in [7, 11) is 2.10. The van der Waals surface area contributed by atoms with Crippen molar-refractivity contribution in [3.05, 3.63) is 65.1 Å². The van der Waals surface area contributed by atoms with Crippen LogP contribution in [0.1, 0.15) is 21.7 Å². The van der Waals surface area contributed by atoms with Gasteiger partial charge in [0, 0.05) is 30.1 Å². The van der Waals surface area contributed by atoms with Gasteiger partial charge in [-0.2, -0.15) is 0 Å². The Morgan fingerprint density at radius 1 is 1.17 bits per heavy atom. The Bertz CT molecular complexity index is 1090. The van der Waals surface area contributed by atoms with Crippen LogP contribution in [0.4, 0.5) is 0 Å². The van der Waals surface area contributed by atoms with Gasteiger partial charge in [0.2, 0.25) is 5.78 Å². The number of ketones is 1. The normalized spacial score (nSPS) is 19.1. The maximum Gasteiger partial charge on any atom is 0.232 e. The van der Waals surface area contributed by atoms with E-state index in [9.17, 15) is 9.90 Å². The molecule has 1 saturated heterocycles. The number of carbonyl (C=O) groups excluding carboxylic acids is 1. The number of quaternary nitrogens is 1. The molecule has 0 atom stereocenters. The highest BCUT2D eigenvalue weighted by molar-refractivity contribution is 6.14. The van der Waals surface area contributed by atoms with Gasteiger partial charge in [0.25, 0.3) is 0 Å². The number of ether oxygens (including phenoxy) is 1. The van der Waals surface area contributed by atoms with E-state index in [-0.39, 0.29) is 17.3 Å². The van der Waals surface area contributed by atoms with Crippen molar-refractivity contribution in [2.75, 3.05) is 33.2 Å². The summed E-state index contributed by atoms with van der Waals surface area (Å²) in [5.41, 5.74) is 1.79. The van der Waals surface area contributed by atoms with Gasteiger partial charge in [-0.1, -0.05) is 30.0 Å². The van der Waals surface area contributed by atoms with E-state index in [1.165, 1.54) is 11.0 Å². The van der Waals surface area contributed by atoms with Gasteiger partial charge in [-0.3, -0.25) is 9.69 Å². The molecular weight excluding hydrogens is 368 g/mol. The first-order valence-electron chi connectivity index (χ1n) is 9.86. The lowest BCUT2D eigenvalue weighted by Crippen LogP contribution is -3.13. The summed E-state index contributed by atoms with van der Waals surface area (Å²) in [6.07, 6.45) is 1.61. The lowest BCUT2D eigenvalue weighted by Gasteiger charge is -2.30. The molecule has 0 saturated carbocycles. The first kappa shape index (κ1) is 18.0. The minimum atomic E-state index is -0.213. The number of nitrogens with zero attached hydrogens (tertiary/aromatic N) is 1. The number of para-hydroxylation sites is 1. The molecule has 0 aliphatic carbocycles. The highest BCUT2D eigenvalue weighted by Crippen LogP contribution is 2.38. The van der Waals surface area contributed by atoms with Crippen LogP contribution in [0.25, 0.3) is 17.0 Å². The number of hydrogen-bond donors (Lipinski definition) is 1. The van der Waals surface area contributed by atoms with Crippen LogP contribution in [0.3, 0.4) is 0 Å². The number of carbonyl (C=O) groups is 1. The highest BCUT2D eigenvalue weighted by atomic mass is 16.5. The second-order valence-corrected chi connectivity index (χ2v) is 7.78. The van der Waals surface area contributed by atoms with Crippen LogP contribution >= 0.6 is 0 Å². The number of nitrogens with one attached hydrogen (secondary N) is 1. The molecule has 0 bridgehead atoms. The molecule has 0 radical (unpaired) electrons. The van der Waals surface area contributed by atoms with Crippen molar-refractivity contribution in [2.24, 2.45) is 0 Å². The number of allylic oxidation sites excluding steroid dienone is 1. The fourth-order valence-corrected chi connectivity index (χ4v) is 4.02. The van der Waals surface area contributed by atoms with Gasteiger partial charge < -0.3 is 19.2 Å². The average Bonchev–Trinajstić information content (AvgIpc) is 3.27. The van der Waals surface area contributed by atoms with Crippen molar-refractivity contribution >= 4 is 22.8 Å². The zero-order valence-electron chi connectivity index (χ0n) is 16.2. The molecule has 29 heavy (non-hydrogen) atoms. The summed E-state index contributed by atoms with van der Waals surface area (Å²) in [4.78, 5) is 16.5. The number of hydrogen-bond acceptors (Lipinski definition) is 5. The molecule has 6 heteroatoms. The summed E-state index contributed by atoms with van der Waals surface area (Å²) < 4.78 is 11.7. The van der Waals surface area contributed by atoms with E-state index in [0.29, 0.717) is 29.2 Å². The summed E-state index contributed by atoms with van der Waals surface area (Å²) in [6, 6.07) is 12.6. The fourth-order valence-electron chi connectivity index (χ4n) is 4.02. The summed E-state index contributed by atoms with van der Waals surface area (Å²) >= 11 is 0. The Morgan fingerprint density at radius 3 is 2.76 bits per heavy atom. The molecule has 0 amide bonds. The number of furan rings is 1. The predicted molar refractivity (Wildman–Crippen MR) is 107 cm³/mol. The van der Waals surface area contributed by atoms with Gasteiger partial charge in [0.15, 0.2) is 5.76 Å². The molecule has 2 aromatic carbocycles. The molecule has 6 nitrogen and oxygen atoms in total. The van der Waals surface area contributed by atoms with Crippen LogP contribution < -0.4 is 14.7 Å². The highest BCUT2D eigenvalue weighted by Gasteiger charge is 2.31. The van der Waals surface area contributed by atoms with Gasteiger partial charge >= 0.3 is 0 Å². The van der Waals surface area contributed by atoms with Crippen LogP contribution in [-0.2, 0) is 6.54 Å². The Kier molecular flexibility index (Phi) is 4.38. The smallest absolute Gasteiger partial charge is 0.232 e. The minimum absolute atomic E-state index is 0.0760. The molecule has 5 rings (SSSR count). The molecule has 3 aromatic rings. The second-order valence-electron chi connectivity index (χ2n) is 7.78. The minimum Gasteiger partial charge on any atom is -0.872 e. The average molecular weight is 390 g/mol. The molecule has 2 aliphatic heterocycles. The van der Waals surface area contributed by atoms with E-state index in [1.807, 2.05) is 30.3 Å². The number of piperazine rings is 1. The Morgan fingerprint density at radius 2 is 1.97 bits per heavy atom. The van der Waals surface area contributed by atoms with E-state index >= 15 is 0 Å². The Labute approximate surface area is 168 Å². The number of Topliss-reactive ketones (excluding diaryl/α,β-unsaturated/α-hetero) is 1. The van der Waals surface area contributed by atoms with Crippen molar-refractivity contribution in [3.8, 4) is 11.5 Å². The first-order valence-corrected chi connectivity index (χ1v) is 9.86. The molecule has 0 spiro atoms. The quantitative estimate of drug-likeness (QED) is 0.686. The van der Waals surface area contributed by atoms with E-state index in [0.717, 1.165) is 37.1 Å². The maximum atomic E-state index is 12.9. The van der Waals surface area contributed by atoms with Gasteiger partial charge in [-0.15, -0.1) is 0 Å². The van der Waals surface area contributed by atoms with Gasteiger partial charge in [0.1, 0.15) is 23.6 Å². The number of likely N-dealkylation sites (N-methyl/N-ethyl adjacent to an activating group) is 1. The standard InChI is InChI=1S/C23H22N2O4/c1-24-8-10-25(11-9-24)14-18-19(26)7-6-17-22(27)21(29-23(17)18)13-16-12-15-4-2-3-5-20(15)28-16/h2-7,12-13,26H,8-11,14H2,1H3/b21-13-. The lowest BCUT2D eigenvalue weighted by molar-refractivity contribution is -0.918. The Balaban J connectivity index is 1.45. The largest absolute Gasteiger partial charge is 0.872 e. The summed E-state index contributed by atoms with van der Waals surface area (Å²) in [5, 5.41) is 13.5. The molecule has 1 N–H and O–H groups in total. The van der Waals surface area contributed by atoms with Crippen LogP contribution in [0, 0.1) is 0 Å². The molecular formula is C23H22N2O4. The predicted octanol–water partition coefficient (Wildman–Crippen LogP) is 1.45. The van der Waals surface area contributed by atoms with Gasteiger partial charge in [0.05, 0.1) is 18.7 Å². The molecule has 3 heterocycles. The zero-order chi connectivity index (χ0) is 20.0. The number of rotatable bonds is 3. The van der Waals surface area contributed by atoms with E-state index in [2.05, 4.69) is 11.9 Å². The third kappa shape index (κ3) is 3.30. The van der Waals surface area contributed by atoms with Gasteiger partial charge in [-0.25, -0.2) is 0 Å². The van der Waals surface area contributed by atoms with Gasteiger partial charge in [-0.05, 0) is 25.2 Å². The summed E-state index contributed by atoms with van der Waals surface area (Å²) in [5.74, 6) is 0.870. The van der Waals surface area contributed by atoms with Crippen molar-refractivity contribution in [2.45, 2.75) is 6.54 Å². The SMILES string of the molecule is CN1CC[NH+](Cc2c([O-])ccc3c2O/C(=C\c2cc4ccccc4o2)C3=O)CC1. The van der Waals surface area contributed by atoms with E-state index in [1.54, 1.807) is 12.1 Å². The van der Waals surface area contributed by atoms with Crippen molar-refractivity contribution < 1.29 is 24.0 Å². The van der Waals surface area contributed by atoms with Crippen LogP contribution in [0.5, 0.6) is 11.5 Å². The summed E-state index contributed by atoms with van der Waals surface area (Å²) in [6.45, 7) is 4.50. The number of fused-ring (bicyclic) bond motifs is 2. The molecule has 0 unspecified atom stereocenters. The first-order chi connectivity index (χ1) is 14.1. The van der Waals surface area contributed by atoms with Crippen LogP contribution in [0.2, 0.25) is 0 Å². The molecule has 1 fully saturated rings. The van der Waals surface area contributed by atoms with E-state index < -0.39 is 0 Å². The second kappa shape index (κ2) is 7.06. The Hall–Kier alpha value is -3.09. The van der Waals surface area contributed by atoms with Crippen molar-refractivity contribution in [1.82, 2.24) is 4.90 Å². The zero-order valence-corrected chi connectivity index (χ0v) is 16.2. The van der Waals surface area contributed by atoms with Crippen molar-refractivity contribution in [1.29, 1.82) is 0 Å². The monoisotopic (exact) mass is 390 g/mol. The maximum absolute atomic E-state index is 12.9. The fraction of sp³-hybridized carbons (Fsp3) is 0.261. The van der Waals surface area contributed by atoms with E-state index in [4.69, 9.17) is 9.15 Å². The third-order valence-electron chi connectivity index (χ3n) is 5.74. The molecule has 2 aliphatic rings. The van der Waals surface area contributed by atoms with Crippen molar-refractivity contribution in [3.63, 3.8) is 0 Å². The van der Waals surface area contributed by atoms with Crippen LogP contribution in [0.15, 0.2) is 52.6 Å². The lowest BCUT2D eigenvalue weighted by atomic mass is 10.0. The number of benzene rings is 2. The molecule has 148 valence electrons. The third-order valence-corrected chi connectivity index (χ3v) is 5.74. The topological polar surface area (TPSA) is 70.2 Å².